The van der Waals surface area contributed by atoms with Crippen LogP contribution in [0.3, 0.4) is 0 Å². The molecule has 0 atom stereocenters. The van der Waals surface area contributed by atoms with Crippen LogP contribution < -0.4 is 26.8 Å². The number of hydrogen-bond donors (Lipinski definition) is 4. The number of aromatic nitrogens is 1. The Kier molecular flexibility index (Phi) is 15.3. The number of benzene rings is 2. The number of anilines is 1. The fourth-order valence-electron chi connectivity index (χ4n) is 8.58. The summed E-state index contributed by atoms with van der Waals surface area (Å²) in [6.45, 7) is 22.6. The van der Waals surface area contributed by atoms with Crippen molar-refractivity contribution in [1.29, 1.82) is 0 Å². The quantitative estimate of drug-likeness (QED) is 0.172. The number of carbonyl (C=O) groups is 2. The number of ether oxygens (including phenoxy) is 1. The zero-order valence-corrected chi connectivity index (χ0v) is 34.7. The van der Waals surface area contributed by atoms with E-state index in [4.69, 9.17) is 10.5 Å². The first-order valence-electron chi connectivity index (χ1n) is 21.0. The SMILES string of the molecule is CCN(c1cc(-c2ccc(CN3CCN(CC(=O)NCCN4CCN(CCN)CC4)CC3)cc2)cc(C(=O)NCc2c(C)cc(C)[nH]c2=O)c1C)C1CCOCC1. The number of nitrogens with two attached hydrogens (primary N) is 1. The first-order chi connectivity index (χ1) is 27.6. The van der Waals surface area contributed by atoms with Crippen LogP contribution in [0.5, 0.6) is 0 Å². The lowest BCUT2D eigenvalue weighted by Gasteiger charge is -2.37. The molecule has 0 saturated carbocycles. The smallest absolute Gasteiger partial charge is 0.253 e. The van der Waals surface area contributed by atoms with Crippen LogP contribution in [0, 0.1) is 20.8 Å². The molecule has 0 radical (unpaired) electrons. The van der Waals surface area contributed by atoms with E-state index in [9.17, 15) is 14.4 Å². The Morgan fingerprint density at radius 1 is 0.842 bits per heavy atom. The van der Waals surface area contributed by atoms with Gasteiger partial charge in [0.25, 0.3) is 11.5 Å². The van der Waals surface area contributed by atoms with Crippen molar-refractivity contribution in [2.75, 3.05) is 110 Å². The van der Waals surface area contributed by atoms with Gasteiger partial charge in [-0.3, -0.25) is 34.0 Å². The topological polar surface area (TPSA) is 143 Å². The molecule has 0 bridgehead atoms. The molecule has 3 aliphatic heterocycles. The van der Waals surface area contributed by atoms with Gasteiger partial charge in [-0.05, 0) is 86.6 Å². The van der Waals surface area contributed by atoms with Crippen molar-refractivity contribution < 1.29 is 14.3 Å². The number of aryl methyl sites for hydroxylation is 2. The van der Waals surface area contributed by atoms with Gasteiger partial charge in [0, 0.05) is 140 Å². The molecule has 4 heterocycles. The molecule has 310 valence electrons. The fourth-order valence-corrected chi connectivity index (χ4v) is 8.58. The van der Waals surface area contributed by atoms with Crippen LogP contribution in [-0.2, 0) is 22.6 Å². The third-order valence-electron chi connectivity index (χ3n) is 12.0. The number of pyridine rings is 1. The molecular weight excluding hydrogens is 719 g/mol. The number of piperazine rings is 2. The van der Waals surface area contributed by atoms with Crippen molar-refractivity contribution in [3.8, 4) is 11.1 Å². The zero-order chi connectivity index (χ0) is 40.3. The molecule has 3 fully saturated rings. The van der Waals surface area contributed by atoms with Crippen molar-refractivity contribution in [1.82, 2.24) is 35.2 Å². The highest BCUT2D eigenvalue weighted by Crippen LogP contribution is 2.34. The molecule has 5 N–H and O–H groups in total. The summed E-state index contributed by atoms with van der Waals surface area (Å²) in [6.07, 6.45) is 1.89. The number of amides is 2. The molecule has 0 unspecified atom stereocenters. The van der Waals surface area contributed by atoms with E-state index in [0.29, 0.717) is 36.8 Å². The van der Waals surface area contributed by atoms with Crippen LogP contribution in [0.1, 0.15) is 58.1 Å². The largest absolute Gasteiger partial charge is 0.381 e. The third kappa shape index (κ3) is 11.5. The van der Waals surface area contributed by atoms with E-state index in [1.165, 1.54) is 5.56 Å². The van der Waals surface area contributed by atoms with Gasteiger partial charge in [0.2, 0.25) is 5.91 Å². The number of H-pyrrole nitrogens is 1. The van der Waals surface area contributed by atoms with E-state index in [2.05, 4.69) is 77.4 Å². The lowest BCUT2D eigenvalue weighted by Crippen LogP contribution is -2.51. The monoisotopic (exact) mass is 784 g/mol. The maximum atomic E-state index is 13.9. The summed E-state index contributed by atoms with van der Waals surface area (Å²) < 4.78 is 5.69. The molecule has 2 amide bonds. The normalized spacial score (nSPS) is 17.8. The van der Waals surface area contributed by atoms with Gasteiger partial charge < -0.3 is 31.0 Å². The van der Waals surface area contributed by atoms with E-state index in [0.717, 1.165) is 138 Å². The number of nitrogens with one attached hydrogen (secondary N) is 3. The van der Waals surface area contributed by atoms with E-state index >= 15 is 0 Å². The maximum absolute atomic E-state index is 13.9. The minimum Gasteiger partial charge on any atom is -0.381 e. The number of rotatable bonds is 16. The molecule has 2 aromatic carbocycles. The van der Waals surface area contributed by atoms with Gasteiger partial charge in [-0.15, -0.1) is 0 Å². The minimum absolute atomic E-state index is 0.104. The number of nitrogens with zero attached hydrogens (tertiary/aromatic N) is 5. The van der Waals surface area contributed by atoms with Crippen molar-refractivity contribution in [3.05, 3.63) is 86.3 Å². The lowest BCUT2D eigenvalue weighted by atomic mass is 9.94. The zero-order valence-electron chi connectivity index (χ0n) is 34.7. The summed E-state index contributed by atoms with van der Waals surface area (Å²) >= 11 is 0. The third-order valence-corrected chi connectivity index (χ3v) is 12.0. The van der Waals surface area contributed by atoms with Crippen molar-refractivity contribution in [2.24, 2.45) is 5.73 Å². The van der Waals surface area contributed by atoms with Gasteiger partial charge in [0.05, 0.1) is 6.54 Å². The molecule has 13 heteroatoms. The van der Waals surface area contributed by atoms with Crippen LogP contribution in [0.15, 0.2) is 47.3 Å². The minimum atomic E-state index is -0.195. The van der Waals surface area contributed by atoms with Gasteiger partial charge >= 0.3 is 0 Å². The Labute approximate surface area is 338 Å². The molecule has 3 aliphatic rings. The fraction of sp³-hybridized carbons (Fsp3) is 0.568. The summed E-state index contributed by atoms with van der Waals surface area (Å²) in [4.78, 5) is 54.2. The summed E-state index contributed by atoms with van der Waals surface area (Å²) in [7, 11) is 0. The van der Waals surface area contributed by atoms with Crippen molar-refractivity contribution in [3.63, 3.8) is 0 Å². The molecule has 1 aromatic heterocycles. The second-order valence-corrected chi connectivity index (χ2v) is 16.0. The van der Waals surface area contributed by atoms with Gasteiger partial charge in [-0.2, -0.15) is 0 Å². The second kappa shape index (κ2) is 20.5. The number of carbonyl (C=O) groups excluding carboxylic acids is 2. The van der Waals surface area contributed by atoms with E-state index in [1.54, 1.807) is 0 Å². The summed E-state index contributed by atoms with van der Waals surface area (Å²) in [5.74, 6) is -0.0914. The first kappa shape index (κ1) is 42.5. The van der Waals surface area contributed by atoms with Crippen LogP contribution >= 0.6 is 0 Å². The second-order valence-electron chi connectivity index (χ2n) is 16.0. The standard InChI is InChI=1S/C44H65N9O4/c1-5-53(38-10-24-57-25-11-38)41-28-37(27-39(34(41)4)43(55)47-29-40-32(2)26-33(3)48-44(40)56)36-8-6-35(7-9-36)30-51-20-22-52(23-21-51)31-42(54)46-13-15-50-18-16-49(14-12-45)17-19-50/h6-9,26-28,38H,5,10-25,29-31,45H2,1-4H3,(H,46,54)(H,47,55)(H,48,56). The average Bonchev–Trinajstić information content (AvgIpc) is 3.20. The molecule has 0 spiro atoms. The molecular formula is C44H65N9O4. The van der Waals surface area contributed by atoms with Crippen LogP contribution in [0.4, 0.5) is 5.69 Å². The molecule has 6 rings (SSSR count). The van der Waals surface area contributed by atoms with Gasteiger partial charge in [-0.1, -0.05) is 24.3 Å². The highest BCUT2D eigenvalue weighted by atomic mass is 16.5. The van der Waals surface area contributed by atoms with Gasteiger partial charge in [0.1, 0.15) is 0 Å². The Morgan fingerprint density at radius 2 is 1.49 bits per heavy atom. The summed E-state index contributed by atoms with van der Waals surface area (Å²) in [5, 5.41) is 6.19. The number of hydrogen-bond acceptors (Lipinski definition) is 10. The molecule has 3 aromatic rings. The van der Waals surface area contributed by atoms with Crippen molar-refractivity contribution in [2.45, 2.75) is 59.7 Å². The van der Waals surface area contributed by atoms with Crippen molar-refractivity contribution >= 4 is 17.5 Å². The molecule has 3 saturated heterocycles. The number of aromatic amines is 1. The molecule has 57 heavy (non-hydrogen) atoms. The van der Waals surface area contributed by atoms with Gasteiger partial charge in [-0.25, -0.2) is 0 Å². The highest BCUT2D eigenvalue weighted by Gasteiger charge is 2.26. The van der Waals surface area contributed by atoms with E-state index < -0.39 is 0 Å². The van der Waals surface area contributed by atoms with Gasteiger partial charge in [0.15, 0.2) is 0 Å². The Morgan fingerprint density at radius 3 is 2.14 bits per heavy atom. The first-order valence-corrected chi connectivity index (χ1v) is 21.0. The highest BCUT2D eigenvalue weighted by molar-refractivity contribution is 5.99. The predicted molar refractivity (Wildman–Crippen MR) is 228 cm³/mol. The Bertz CT molecular complexity index is 1840. The Balaban J connectivity index is 1.06. The summed E-state index contributed by atoms with van der Waals surface area (Å²) in [6, 6.07) is 15.2. The summed E-state index contributed by atoms with van der Waals surface area (Å²) in [5.41, 5.74) is 13.6. The van der Waals surface area contributed by atoms with Crippen LogP contribution in [0.25, 0.3) is 11.1 Å². The van der Waals surface area contributed by atoms with E-state index in [-0.39, 0.29) is 23.9 Å². The Hall–Kier alpha value is -4.11. The lowest BCUT2D eigenvalue weighted by molar-refractivity contribution is -0.122. The maximum Gasteiger partial charge on any atom is 0.253 e. The van der Waals surface area contributed by atoms with Crippen LogP contribution in [0.2, 0.25) is 0 Å². The average molecular weight is 784 g/mol. The van der Waals surface area contributed by atoms with E-state index in [1.807, 2.05) is 32.9 Å². The predicted octanol–water partition coefficient (Wildman–Crippen LogP) is 2.71. The molecule has 13 nitrogen and oxygen atoms in total. The van der Waals surface area contributed by atoms with Crippen LogP contribution in [-0.4, -0.2) is 147 Å². The molecule has 0 aliphatic carbocycles.